The monoisotopic (exact) mass is 234 g/mol. The van der Waals surface area contributed by atoms with E-state index in [1.807, 2.05) is 6.92 Å². The van der Waals surface area contributed by atoms with Crippen LogP contribution in [0.5, 0.6) is 11.5 Å². The van der Waals surface area contributed by atoms with Gasteiger partial charge in [0.05, 0.1) is 19.6 Å². The third kappa shape index (κ3) is 2.46. The average Bonchev–Trinajstić information content (AvgIpc) is 2.20. The molecule has 0 heterocycles. The van der Waals surface area contributed by atoms with Crippen LogP contribution in [0.2, 0.25) is 5.02 Å². The SMILES string of the molecule is CCOc1c(CCl)cc(Cl)cc1OC. The van der Waals surface area contributed by atoms with Crippen LogP contribution in [0.1, 0.15) is 12.5 Å². The normalized spacial score (nSPS) is 10.0. The second kappa shape index (κ2) is 5.32. The minimum absolute atomic E-state index is 0.353. The van der Waals surface area contributed by atoms with Gasteiger partial charge in [-0.3, -0.25) is 0 Å². The number of hydrogen-bond acceptors (Lipinski definition) is 2. The van der Waals surface area contributed by atoms with Crippen LogP contribution in [-0.2, 0) is 5.88 Å². The van der Waals surface area contributed by atoms with Gasteiger partial charge in [-0.2, -0.15) is 0 Å². The Balaban J connectivity index is 3.18. The van der Waals surface area contributed by atoms with Crippen molar-refractivity contribution in [3.63, 3.8) is 0 Å². The predicted molar refractivity (Wildman–Crippen MR) is 58.7 cm³/mol. The zero-order valence-electron chi connectivity index (χ0n) is 8.14. The lowest BCUT2D eigenvalue weighted by Crippen LogP contribution is -1.98. The first-order valence-electron chi connectivity index (χ1n) is 4.28. The molecule has 0 fully saturated rings. The summed E-state index contributed by atoms with van der Waals surface area (Å²) in [4.78, 5) is 0. The highest BCUT2D eigenvalue weighted by Gasteiger charge is 2.11. The maximum Gasteiger partial charge on any atom is 0.165 e. The number of rotatable bonds is 4. The van der Waals surface area contributed by atoms with Gasteiger partial charge in [0.2, 0.25) is 0 Å². The Morgan fingerprint density at radius 1 is 1.36 bits per heavy atom. The van der Waals surface area contributed by atoms with Crippen molar-refractivity contribution >= 4 is 23.2 Å². The molecule has 2 nitrogen and oxygen atoms in total. The Labute approximate surface area is 93.7 Å². The Hall–Kier alpha value is -0.600. The largest absolute Gasteiger partial charge is 0.493 e. The van der Waals surface area contributed by atoms with Gasteiger partial charge in [-0.05, 0) is 13.0 Å². The second-order valence-electron chi connectivity index (χ2n) is 2.66. The van der Waals surface area contributed by atoms with Crippen LogP contribution in [-0.4, -0.2) is 13.7 Å². The standard InChI is InChI=1S/C10H12Cl2O2/c1-3-14-10-7(6-11)4-8(12)5-9(10)13-2/h4-5H,3,6H2,1-2H3. The van der Waals surface area contributed by atoms with Crippen LogP contribution < -0.4 is 9.47 Å². The zero-order valence-corrected chi connectivity index (χ0v) is 9.65. The van der Waals surface area contributed by atoms with Crippen LogP contribution in [0.4, 0.5) is 0 Å². The highest BCUT2D eigenvalue weighted by atomic mass is 35.5. The van der Waals surface area contributed by atoms with Crippen molar-refractivity contribution in [1.29, 1.82) is 0 Å². The summed E-state index contributed by atoms with van der Waals surface area (Å²) in [6.45, 7) is 2.48. The Morgan fingerprint density at radius 2 is 2.07 bits per heavy atom. The molecule has 0 amide bonds. The fourth-order valence-corrected chi connectivity index (χ4v) is 1.61. The lowest BCUT2D eigenvalue weighted by Gasteiger charge is -2.13. The first kappa shape index (κ1) is 11.5. The predicted octanol–water partition coefficient (Wildman–Crippen LogP) is 3.49. The van der Waals surface area contributed by atoms with E-state index in [-0.39, 0.29) is 0 Å². The van der Waals surface area contributed by atoms with Crippen molar-refractivity contribution in [3.05, 3.63) is 22.7 Å². The number of methoxy groups -OCH3 is 1. The molecule has 0 atom stereocenters. The minimum atomic E-state index is 0.353. The lowest BCUT2D eigenvalue weighted by atomic mass is 10.2. The molecule has 0 N–H and O–H groups in total. The lowest BCUT2D eigenvalue weighted by molar-refractivity contribution is 0.308. The van der Waals surface area contributed by atoms with E-state index in [9.17, 15) is 0 Å². The van der Waals surface area contributed by atoms with Crippen molar-refractivity contribution in [2.75, 3.05) is 13.7 Å². The van der Waals surface area contributed by atoms with Gasteiger partial charge in [-0.1, -0.05) is 11.6 Å². The summed E-state index contributed by atoms with van der Waals surface area (Å²) in [6, 6.07) is 3.49. The van der Waals surface area contributed by atoms with E-state index in [4.69, 9.17) is 32.7 Å². The third-order valence-corrected chi connectivity index (χ3v) is 2.26. The highest BCUT2D eigenvalue weighted by Crippen LogP contribution is 2.35. The van der Waals surface area contributed by atoms with Crippen molar-refractivity contribution < 1.29 is 9.47 Å². The molecule has 0 spiro atoms. The van der Waals surface area contributed by atoms with Crippen molar-refractivity contribution in [2.24, 2.45) is 0 Å². The molecule has 1 aromatic rings. The van der Waals surface area contributed by atoms with Crippen LogP contribution >= 0.6 is 23.2 Å². The molecule has 4 heteroatoms. The van der Waals surface area contributed by atoms with Crippen molar-refractivity contribution in [1.82, 2.24) is 0 Å². The number of ether oxygens (including phenoxy) is 2. The molecule has 0 saturated heterocycles. The molecule has 0 unspecified atom stereocenters. The molecule has 0 radical (unpaired) electrons. The van der Waals surface area contributed by atoms with Gasteiger partial charge >= 0.3 is 0 Å². The van der Waals surface area contributed by atoms with E-state index in [0.717, 1.165) is 5.56 Å². The van der Waals surface area contributed by atoms with E-state index >= 15 is 0 Å². The first-order chi connectivity index (χ1) is 6.72. The molecule has 0 saturated carbocycles. The molecule has 78 valence electrons. The third-order valence-electron chi connectivity index (χ3n) is 1.75. The average molecular weight is 235 g/mol. The summed E-state index contributed by atoms with van der Waals surface area (Å²) in [7, 11) is 1.58. The number of benzene rings is 1. The van der Waals surface area contributed by atoms with Crippen LogP contribution in [0.15, 0.2) is 12.1 Å². The van der Waals surface area contributed by atoms with Gasteiger partial charge in [0, 0.05) is 16.7 Å². The van der Waals surface area contributed by atoms with E-state index in [1.54, 1.807) is 19.2 Å². The molecule has 1 aromatic carbocycles. The van der Waals surface area contributed by atoms with E-state index in [1.165, 1.54) is 0 Å². The quantitative estimate of drug-likeness (QED) is 0.743. The smallest absolute Gasteiger partial charge is 0.165 e. The summed E-state index contributed by atoms with van der Waals surface area (Å²) in [5.41, 5.74) is 0.845. The van der Waals surface area contributed by atoms with Gasteiger partial charge in [-0.25, -0.2) is 0 Å². The fourth-order valence-electron chi connectivity index (χ4n) is 1.18. The van der Waals surface area contributed by atoms with Gasteiger partial charge in [-0.15, -0.1) is 11.6 Å². The number of halogens is 2. The molecule has 0 aliphatic carbocycles. The summed E-state index contributed by atoms with van der Waals surface area (Å²) < 4.78 is 10.6. The minimum Gasteiger partial charge on any atom is -0.493 e. The summed E-state index contributed by atoms with van der Waals surface area (Å²) in [5, 5.41) is 0.598. The molecular formula is C10H12Cl2O2. The zero-order chi connectivity index (χ0) is 10.6. The highest BCUT2D eigenvalue weighted by molar-refractivity contribution is 6.31. The second-order valence-corrected chi connectivity index (χ2v) is 3.37. The maximum atomic E-state index is 5.89. The van der Waals surface area contributed by atoms with E-state index < -0.39 is 0 Å². The topological polar surface area (TPSA) is 18.5 Å². The van der Waals surface area contributed by atoms with Crippen molar-refractivity contribution in [3.8, 4) is 11.5 Å². The number of hydrogen-bond donors (Lipinski definition) is 0. The summed E-state index contributed by atoms with van der Waals surface area (Å²) in [6.07, 6.45) is 0. The first-order valence-corrected chi connectivity index (χ1v) is 5.19. The molecular weight excluding hydrogens is 223 g/mol. The molecule has 0 aliphatic heterocycles. The van der Waals surface area contributed by atoms with Crippen molar-refractivity contribution in [2.45, 2.75) is 12.8 Å². The maximum absolute atomic E-state index is 5.89. The van der Waals surface area contributed by atoms with Gasteiger partial charge < -0.3 is 9.47 Å². The fraction of sp³-hybridized carbons (Fsp3) is 0.400. The van der Waals surface area contributed by atoms with E-state index in [0.29, 0.717) is 29.0 Å². The molecule has 1 rings (SSSR count). The van der Waals surface area contributed by atoms with Gasteiger partial charge in [0.1, 0.15) is 0 Å². The summed E-state index contributed by atoms with van der Waals surface area (Å²) in [5.74, 6) is 1.65. The van der Waals surface area contributed by atoms with Gasteiger partial charge in [0.25, 0.3) is 0 Å². The summed E-state index contributed by atoms with van der Waals surface area (Å²) >= 11 is 11.7. The van der Waals surface area contributed by atoms with Crippen LogP contribution in [0, 0.1) is 0 Å². The van der Waals surface area contributed by atoms with E-state index in [2.05, 4.69) is 0 Å². The van der Waals surface area contributed by atoms with Crippen LogP contribution in [0.3, 0.4) is 0 Å². The Morgan fingerprint density at radius 3 is 2.57 bits per heavy atom. The number of alkyl halides is 1. The molecule has 0 bridgehead atoms. The molecule has 0 aromatic heterocycles. The van der Waals surface area contributed by atoms with Gasteiger partial charge in [0.15, 0.2) is 11.5 Å². The molecule has 0 aliphatic rings. The Kier molecular flexibility index (Phi) is 4.36. The van der Waals surface area contributed by atoms with Crippen LogP contribution in [0.25, 0.3) is 0 Å². The Bertz CT molecular complexity index is 288. The molecule has 14 heavy (non-hydrogen) atoms.